The molecule has 32 heavy (non-hydrogen) atoms. The Hall–Kier alpha value is -3.64. The van der Waals surface area contributed by atoms with E-state index < -0.39 is 0 Å². The van der Waals surface area contributed by atoms with Gasteiger partial charge in [0.05, 0.1) is 24.0 Å². The largest absolute Gasteiger partial charge is 0.489 e. The minimum absolute atomic E-state index is 0.253. The van der Waals surface area contributed by atoms with Gasteiger partial charge in [0, 0.05) is 40.9 Å². The average Bonchev–Trinajstić information content (AvgIpc) is 3.44. The number of hydrogen-bond acceptors (Lipinski definition) is 5. The number of pyridine rings is 1. The minimum atomic E-state index is 0.253. The molecule has 0 fully saturated rings. The fraction of sp³-hybridized carbons (Fsp3) is 0.231. The number of nitrogens with one attached hydrogen (secondary N) is 1. The van der Waals surface area contributed by atoms with Gasteiger partial charge in [-0.15, -0.1) is 0 Å². The van der Waals surface area contributed by atoms with E-state index in [1.807, 2.05) is 42.6 Å². The summed E-state index contributed by atoms with van der Waals surface area (Å²) in [5.74, 6) is 1.90. The summed E-state index contributed by atoms with van der Waals surface area (Å²) >= 11 is 0. The molecule has 0 amide bonds. The van der Waals surface area contributed by atoms with Crippen LogP contribution in [0.3, 0.4) is 0 Å². The van der Waals surface area contributed by atoms with Crippen molar-refractivity contribution >= 4 is 21.8 Å². The Morgan fingerprint density at radius 3 is 2.59 bits per heavy atom. The van der Waals surface area contributed by atoms with E-state index in [0.29, 0.717) is 18.9 Å². The summed E-state index contributed by atoms with van der Waals surface area (Å²) in [4.78, 5) is 8.16. The van der Waals surface area contributed by atoms with Crippen molar-refractivity contribution in [2.24, 2.45) is 0 Å². The first-order valence-corrected chi connectivity index (χ1v) is 10.7. The van der Waals surface area contributed by atoms with Crippen LogP contribution in [0, 0.1) is 0 Å². The maximum Gasteiger partial charge on any atom is 0.139 e. The van der Waals surface area contributed by atoms with Gasteiger partial charge in [-0.25, -0.2) is 0 Å². The Balaban J connectivity index is 1.60. The van der Waals surface area contributed by atoms with Gasteiger partial charge in [-0.05, 0) is 23.8 Å². The molecule has 0 bridgehead atoms. The number of rotatable bonds is 7. The van der Waals surface area contributed by atoms with Crippen molar-refractivity contribution in [3.8, 4) is 17.1 Å². The van der Waals surface area contributed by atoms with Crippen LogP contribution in [0.2, 0.25) is 0 Å². The zero-order chi connectivity index (χ0) is 22.1. The molecule has 0 atom stereocenters. The lowest BCUT2D eigenvalue weighted by Crippen LogP contribution is -1.97. The van der Waals surface area contributed by atoms with Gasteiger partial charge in [-0.3, -0.25) is 4.98 Å². The van der Waals surface area contributed by atoms with Crippen LogP contribution in [0.5, 0.6) is 5.75 Å². The number of nitrogens with zero attached hydrogens (tertiary/aromatic N) is 2. The number of H-pyrrole nitrogens is 1. The van der Waals surface area contributed by atoms with Crippen molar-refractivity contribution in [2.45, 2.75) is 33.0 Å². The standard InChI is InChI=1S/C26H25N3O3/c1-16(2)24-12-22(29-32-24)26-20(15-30-3)25-19-11-18(31-14-17-7-5-4-6-8-17)9-10-21(19)28-23(25)13-27-26/h4-13,16,28H,14-15H2,1-3H3. The quantitative estimate of drug-likeness (QED) is 0.334. The van der Waals surface area contributed by atoms with E-state index in [0.717, 1.165) is 50.1 Å². The average molecular weight is 428 g/mol. The molecule has 6 heteroatoms. The van der Waals surface area contributed by atoms with Crippen molar-refractivity contribution in [1.29, 1.82) is 0 Å². The summed E-state index contributed by atoms with van der Waals surface area (Å²) in [5.41, 5.74) is 5.56. The van der Waals surface area contributed by atoms with Gasteiger partial charge in [-0.2, -0.15) is 0 Å². The fourth-order valence-electron chi connectivity index (χ4n) is 3.95. The maximum absolute atomic E-state index is 6.07. The molecule has 162 valence electrons. The van der Waals surface area contributed by atoms with Crippen molar-refractivity contribution in [3.05, 3.63) is 77.7 Å². The van der Waals surface area contributed by atoms with Gasteiger partial charge in [-0.1, -0.05) is 49.3 Å². The lowest BCUT2D eigenvalue weighted by Gasteiger charge is -2.09. The van der Waals surface area contributed by atoms with Crippen LogP contribution in [0.4, 0.5) is 0 Å². The molecule has 5 aromatic rings. The van der Waals surface area contributed by atoms with Crippen molar-refractivity contribution < 1.29 is 14.0 Å². The molecule has 5 rings (SSSR count). The predicted molar refractivity (Wildman–Crippen MR) is 125 cm³/mol. The molecule has 3 heterocycles. The first kappa shape index (κ1) is 20.3. The van der Waals surface area contributed by atoms with Crippen LogP contribution < -0.4 is 4.74 Å². The van der Waals surface area contributed by atoms with Crippen molar-refractivity contribution in [2.75, 3.05) is 7.11 Å². The van der Waals surface area contributed by atoms with Gasteiger partial charge in [0.25, 0.3) is 0 Å². The molecule has 6 nitrogen and oxygen atoms in total. The lowest BCUT2D eigenvalue weighted by atomic mass is 10.0. The topological polar surface area (TPSA) is 73.2 Å². The van der Waals surface area contributed by atoms with Crippen LogP contribution in [0.15, 0.2) is 65.3 Å². The maximum atomic E-state index is 6.07. The second kappa shape index (κ2) is 8.48. The monoisotopic (exact) mass is 427 g/mol. The highest BCUT2D eigenvalue weighted by atomic mass is 16.5. The van der Waals surface area contributed by atoms with E-state index >= 15 is 0 Å². The van der Waals surface area contributed by atoms with E-state index in [1.54, 1.807) is 7.11 Å². The van der Waals surface area contributed by atoms with E-state index in [2.05, 4.69) is 42.2 Å². The van der Waals surface area contributed by atoms with Gasteiger partial charge < -0.3 is 19.0 Å². The van der Waals surface area contributed by atoms with Crippen molar-refractivity contribution in [3.63, 3.8) is 0 Å². The van der Waals surface area contributed by atoms with Crippen LogP contribution in [0.25, 0.3) is 33.2 Å². The van der Waals surface area contributed by atoms with E-state index in [4.69, 9.17) is 19.0 Å². The second-order valence-electron chi connectivity index (χ2n) is 8.18. The van der Waals surface area contributed by atoms with E-state index in [9.17, 15) is 0 Å². The van der Waals surface area contributed by atoms with Crippen molar-refractivity contribution in [1.82, 2.24) is 15.1 Å². The third-order valence-electron chi connectivity index (χ3n) is 5.59. The first-order chi connectivity index (χ1) is 15.6. The highest BCUT2D eigenvalue weighted by Gasteiger charge is 2.19. The number of fused-ring (bicyclic) bond motifs is 3. The van der Waals surface area contributed by atoms with Gasteiger partial charge in [0.15, 0.2) is 0 Å². The summed E-state index contributed by atoms with van der Waals surface area (Å²) in [6, 6.07) is 18.2. The Morgan fingerprint density at radius 1 is 1.00 bits per heavy atom. The SMILES string of the molecule is COCc1c(-c2cc(C(C)C)on2)ncc2[nH]c3ccc(OCc4ccccc4)cc3c12. The molecule has 1 N–H and O–H groups in total. The number of ether oxygens (including phenoxy) is 2. The zero-order valence-electron chi connectivity index (χ0n) is 18.4. The molecule has 3 aromatic heterocycles. The second-order valence-corrected chi connectivity index (χ2v) is 8.18. The molecule has 0 radical (unpaired) electrons. The van der Waals surface area contributed by atoms with Gasteiger partial charge in [0.1, 0.15) is 23.8 Å². The van der Waals surface area contributed by atoms with E-state index in [1.165, 1.54) is 0 Å². The predicted octanol–water partition coefficient (Wildman–Crippen LogP) is 6.22. The number of aromatic amines is 1. The Labute approximate surface area is 186 Å². The Bertz CT molecular complexity index is 1370. The normalized spacial score (nSPS) is 11.6. The number of aromatic nitrogens is 3. The number of benzene rings is 2. The smallest absolute Gasteiger partial charge is 0.139 e. The molecular weight excluding hydrogens is 402 g/mol. The third kappa shape index (κ3) is 3.74. The molecule has 0 aliphatic carbocycles. The zero-order valence-corrected chi connectivity index (χ0v) is 18.4. The lowest BCUT2D eigenvalue weighted by molar-refractivity contribution is 0.186. The van der Waals surface area contributed by atoms with Gasteiger partial charge >= 0.3 is 0 Å². The molecule has 0 unspecified atom stereocenters. The van der Waals surface area contributed by atoms with Gasteiger partial charge in [0.2, 0.25) is 0 Å². The first-order valence-electron chi connectivity index (χ1n) is 10.7. The van der Waals surface area contributed by atoms with Crippen LogP contribution in [-0.2, 0) is 18.0 Å². The molecular formula is C26H25N3O3. The summed E-state index contributed by atoms with van der Waals surface area (Å²) in [7, 11) is 1.69. The number of methoxy groups -OCH3 is 1. The molecule has 0 aliphatic rings. The summed E-state index contributed by atoms with van der Waals surface area (Å²) in [6.07, 6.45) is 1.85. The number of hydrogen-bond donors (Lipinski definition) is 1. The summed E-state index contributed by atoms with van der Waals surface area (Å²) in [5, 5.41) is 6.40. The molecule has 0 saturated carbocycles. The molecule has 0 saturated heterocycles. The van der Waals surface area contributed by atoms with Crippen LogP contribution >= 0.6 is 0 Å². The third-order valence-corrected chi connectivity index (χ3v) is 5.59. The fourth-order valence-corrected chi connectivity index (χ4v) is 3.95. The minimum Gasteiger partial charge on any atom is -0.489 e. The summed E-state index contributed by atoms with van der Waals surface area (Å²) in [6.45, 7) is 5.08. The Morgan fingerprint density at radius 2 is 1.84 bits per heavy atom. The van der Waals surface area contributed by atoms with Crippen LogP contribution in [-0.4, -0.2) is 22.2 Å². The molecule has 0 spiro atoms. The van der Waals surface area contributed by atoms with E-state index in [-0.39, 0.29) is 5.92 Å². The van der Waals surface area contributed by atoms with Crippen LogP contribution in [0.1, 0.15) is 36.7 Å². The molecule has 0 aliphatic heterocycles. The summed E-state index contributed by atoms with van der Waals surface area (Å²) < 4.78 is 17.2. The highest BCUT2D eigenvalue weighted by molar-refractivity contribution is 6.10. The Kier molecular flexibility index (Phi) is 5.37. The highest BCUT2D eigenvalue weighted by Crippen LogP contribution is 2.36. The molecule has 2 aromatic carbocycles.